The molecule has 0 radical (unpaired) electrons. The summed E-state index contributed by atoms with van der Waals surface area (Å²) in [6, 6.07) is 20.5. The van der Waals surface area contributed by atoms with Crippen LogP contribution >= 0.6 is 0 Å². The van der Waals surface area contributed by atoms with Crippen molar-refractivity contribution in [3.63, 3.8) is 0 Å². The van der Waals surface area contributed by atoms with Crippen LogP contribution in [0.5, 0.6) is 11.5 Å². The average molecular weight is 307 g/mol. The lowest BCUT2D eigenvalue weighted by atomic mass is 10.2. The number of ether oxygens (including phenoxy) is 1. The number of furan rings is 1. The van der Waals surface area contributed by atoms with Gasteiger partial charge in [0.05, 0.1) is 6.26 Å². The van der Waals surface area contributed by atoms with E-state index in [1.54, 1.807) is 12.3 Å². The van der Waals surface area contributed by atoms with E-state index in [0.717, 1.165) is 11.5 Å². The molecule has 0 aliphatic carbocycles. The molecule has 0 atom stereocenters. The molecule has 23 heavy (non-hydrogen) atoms. The molecular weight excluding hydrogens is 290 g/mol. The van der Waals surface area contributed by atoms with Crippen molar-refractivity contribution < 1.29 is 13.9 Å². The van der Waals surface area contributed by atoms with E-state index < -0.39 is 0 Å². The summed E-state index contributed by atoms with van der Waals surface area (Å²) >= 11 is 0. The maximum atomic E-state index is 12.0. The zero-order valence-corrected chi connectivity index (χ0v) is 12.6. The number of para-hydroxylation sites is 1. The number of hydrogen-bond acceptors (Lipinski definition) is 3. The van der Waals surface area contributed by atoms with Gasteiger partial charge in [-0.05, 0) is 36.4 Å². The lowest BCUT2D eigenvalue weighted by Gasteiger charge is -2.08. The van der Waals surface area contributed by atoms with Crippen LogP contribution in [-0.2, 0) is 11.2 Å². The van der Waals surface area contributed by atoms with E-state index in [4.69, 9.17) is 9.15 Å². The minimum Gasteiger partial charge on any atom is -0.469 e. The van der Waals surface area contributed by atoms with E-state index in [1.807, 2.05) is 60.7 Å². The van der Waals surface area contributed by atoms with Gasteiger partial charge < -0.3 is 14.5 Å². The van der Waals surface area contributed by atoms with Gasteiger partial charge in [-0.15, -0.1) is 0 Å². The number of carbonyl (C=O) groups is 1. The molecule has 0 aliphatic rings. The van der Waals surface area contributed by atoms with Gasteiger partial charge in [0.1, 0.15) is 17.3 Å². The first-order valence-corrected chi connectivity index (χ1v) is 7.45. The minimum atomic E-state index is -0.0572. The van der Waals surface area contributed by atoms with Crippen LogP contribution in [0.4, 0.5) is 5.69 Å². The number of aryl methyl sites for hydroxylation is 1. The normalized spacial score (nSPS) is 10.3. The van der Waals surface area contributed by atoms with Crippen LogP contribution in [0.15, 0.2) is 77.4 Å². The monoisotopic (exact) mass is 307 g/mol. The van der Waals surface area contributed by atoms with Gasteiger partial charge in [-0.2, -0.15) is 0 Å². The number of benzene rings is 2. The molecule has 116 valence electrons. The summed E-state index contributed by atoms with van der Waals surface area (Å²) in [4.78, 5) is 12.0. The van der Waals surface area contributed by atoms with E-state index in [0.29, 0.717) is 24.3 Å². The maximum absolute atomic E-state index is 12.0. The molecule has 1 aromatic heterocycles. The van der Waals surface area contributed by atoms with Gasteiger partial charge in [0.2, 0.25) is 5.91 Å². The Bertz CT molecular complexity index is 751. The fourth-order valence-corrected chi connectivity index (χ4v) is 2.18. The highest BCUT2D eigenvalue weighted by Gasteiger charge is 2.06. The Morgan fingerprint density at radius 2 is 1.78 bits per heavy atom. The first kappa shape index (κ1) is 14.9. The van der Waals surface area contributed by atoms with Crippen LogP contribution < -0.4 is 10.1 Å². The molecule has 1 N–H and O–H groups in total. The molecule has 0 aliphatic heterocycles. The Morgan fingerprint density at radius 1 is 0.957 bits per heavy atom. The van der Waals surface area contributed by atoms with Crippen LogP contribution in [0.2, 0.25) is 0 Å². The molecule has 3 rings (SSSR count). The Balaban J connectivity index is 1.57. The largest absolute Gasteiger partial charge is 0.469 e. The molecular formula is C19H17NO3. The summed E-state index contributed by atoms with van der Waals surface area (Å²) in [5.41, 5.74) is 0.711. The van der Waals surface area contributed by atoms with Gasteiger partial charge in [0.25, 0.3) is 0 Å². The summed E-state index contributed by atoms with van der Waals surface area (Å²) in [6.45, 7) is 0. The molecule has 0 saturated heterocycles. The number of anilines is 1. The van der Waals surface area contributed by atoms with Crippen molar-refractivity contribution in [1.82, 2.24) is 0 Å². The van der Waals surface area contributed by atoms with Gasteiger partial charge in [0, 0.05) is 24.6 Å². The summed E-state index contributed by atoms with van der Waals surface area (Å²) in [7, 11) is 0. The fraction of sp³-hybridized carbons (Fsp3) is 0.105. The van der Waals surface area contributed by atoms with E-state index in [2.05, 4.69) is 5.32 Å². The number of nitrogens with one attached hydrogen (secondary N) is 1. The summed E-state index contributed by atoms with van der Waals surface area (Å²) in [6.07, 6.45) is 2.56. The molecule has 4 heteroatoms. The second-order valence-electron chi connectivity index (χ2n) is 5.07. The molecule has 0 spiro atoms. The van der Waals surface area contributed by atoms with Crippen LogP contribution in [0.3, 0.4) is 0 Å². The first-order valence-electron chi connectivity index (χ1n) is 7.45. The minimum absolute atomic E-state index is 0.0572. The number of hydrogen-bond donors (Lipinski definition) is 1. The van der Waals surface area contributed by atoms with E-state index in [9.17, 15) is 4.79 Å². The van der Waals surface area contributed by atoms with Crippen molar-refractivity contribution in [2.75, 3.05) is 5.32 Å². The van der Waals surface area contributed by atoms with Crippen LogP contribution in [-0.4, -0.2) is 5.91 Å². The molecule has 0 fully saturated rings. The standard InChI is InChI=1S/C19H17NO3/c21-19(12-11-16-10-5-13-22-16)20-15-6-4-9-18(14-15)23-17-7-2-1-3-8-17/h1-10,13-14H,11-12H2,(H,20,21). The van der Waals surface area contributed by atoms with Gasteiger partial charge in [0.15, 0.2) is 0 Å². The molecule has 0 saturated carbocycles. The highest BCUT2D eigenvalue weighted by Crippen LogP contribution is 2.23. The molecule has 0 bridgehead atoms. The molecule has 1 amide bonds. The van der Waals surface area contributed by atoms with Gasteiger partial charge >= 0.3 is 0 Å². The van der Waals surface area contributed by atoms with Crippen LogP contribution in [0.1, 0.15) is 12.2 Å². The average Bonchev–Trinajstić information content (AvgIpc) is 3.08. The van der Waals surface area contributed by atoms with Crippen molar-refractivity contribution >= 4 is 11.6 Å². The zero-order valence-electron chi connectivity index (χ0n) is 12.6. The molecule has 2 aromatic carbocycles. The van der Waals surface area contributed by atoms with Crippen LogP contribution in [0.25, 0.3) is 0 Å². The SMILES string of the molecule is O=C(CCc1ccco1)Nc1cccc(Oc2ccccc2)c1. The number of amides is 1. The summed E-state index contributed by atoms with van der Waals surface area (Å²) in [5.74, 6) is 2.19. The van der Waals surface area contributed by atoms with Crippen molar-refractivity contribution in [1.29, 1.82) is 0 Å². The summed E-state index contributed by atoms with van der Waals surface area (Å²) in [5, 5.41) is 2.87. The van der Waals surface area contributed by atoms with Gasteiger partial charge in [-0.3, -0.25) is 4.79 Å². The highest BCUT2D eigenvalue weighted by atomic mass is 16.5. The third-order valence-corrected chi connectivity index (χ3v) is 3.28. The second-order valence-corrected chi connectivity index (χ2v) is 5.07. The van der Waals surface area contributed by atoms with Crippen molar-refractivity contribution in [2.45, 2.75) is 12.8 Å². The maximum Gasteiger partial charge on any atom is 0.224 e. The number of rotatable bonds is 6. The topological polar surface area (TPSA) is 51.5 Å². The molecule has 1 heterocycles. The predicted molar refractivity (Wildman–Crippen MR) is 88.6 cm³/mol. The first-order chi connectivity index (χ1) is 11.3. The Morgan fingerprint density at radius 3 is 2.57 bits per heavy atom. The number of carbonyl (C=O) groups excluding carboxylic acids is 1. The predicted octanol–water partition coefficient (Wildman–Crippen LogP) is 4.64. The fourth-order valence-electron chi connectivity index (χ4n) is 2.18. The van der Waals surface area contributed by atoms with Crippen molar-refractivity contribution in [3.8, 4) is 11.5 Å². The van der Waals surface area contributed by atoms with Crippen molar-refractivity contribution in [2.24, 2.45) is 0 Å². The second kappa shape index (κ2) is 7.31. The smallest absolute Gasteiger partial charge is 0.224 e. The van der Waals surface area contributed by atoms with Gasteiger partial charge in [-0.1, -0.05) is 24.3 Å². The van der Waals surface area contributed by atoms with E-state index in [-0.39, 0.29) is 5.91 Å². The van der Waals surface area contributed by atoms with E-state index >= 15 is 0 Å². The Labute approximate surface area is 134 Å². The Kier molecular flexibility index (Phi) is 4.74. The van der Waals surface area contributed by atoms with Crippen molar-refractivity contribution in [3.05, 3.63) is 78.8 Å². The van der Waals surface area contributed by atoms with E-state index in [1.165, 1.54) is 0 Å². The Hall–Kier alpha value is -3.01. The van der Waals surface area contributed by atoms with Gasteiger partial charge in [-0.25, -0.2) is 0 Å². The quantitative estimate of drug-likeness (QED) is 0.721. The molecule has 3 aromatic rings. The third kappa shape index (κ3) is 4.48. The zero-order chi connectivity index (χ0) is 15.9. The molecule has 4 nitrogen and oxygen atoms in total. The lowest BCUT2D eigenvalue weighted by Crippen LogP contribution is -2.12. The lowest BCUT2D eigenvalue weighted by molar-refractivity contribution is -0.116. The summed E-state index contributed by atoms with van der Waals surface area (Å²) < 4.78 is 11.0. The molecule has 0 unspecified atom stereocenters. The van der Waals surface area contributed by atoms with Crippen LogP contribution in [0, 0.1) is 0 Å². The highest BCUT2D eigenvalue weighted by molar-refractivity contribution is 5.91. The third-order valence-electron chi connectivity index (χ3n) is 3.28.